The van der Waals surface area contributed by atoms with Crippen molar-refractivity contribution in [1.82, 2.24) is 15.2 Å². The van der Waals surface area contributed by atoms with Crippen LogP contribution >= 0.6 is 0 Å². The second-order valence-electron chi connectivity index (χ2n) is 14.8. The lowest BCUT2D eigenvalue weighted by molar-refractivity contribution is -0.145. The molecule has 3 unspecified atom stereocenters. The van der Waals surface area contributed by atoms with E-state index in [4.69, 9.17) is 10.7 Å². The molecule has 0 radical (unpaired) electrons. The van der Waals surface area contributed by atoms with Crippen LogP contribution in [0, 0.1) is 23.2 Å². The molecule has 6 aliphatic rings. The van der Waals surface area contributed by atoms with Crippen LogP contribution in [0.25, 0.3) is 0 Å². The number of likely N-dealkylation sites (tertiary alicyclic amines) is 1. The summed E-state index contributed by atoms with van der Waals surface area (Å²) in [6, 6.07) is 12.7. The van der Waals surface area contributed by atoms with E-state index < -0.39 is 0 Å². The van der Waals surface area contributed by atoms with Crippen LogP contribution in [0.15, 0.2) is 42.6 Å². The fourth-order valence-electron chi connectivity index (χ4n) is 9.28. The van der Waals surface area contributed by atoms with Gasteiger partial charge in [-0.3, -0.25) is 14.6 Å². The lowest BCUT2D eigenvalue weighted by Crippen LogP contribution is -2.63. The second kappa shape index (κ2) is 10.2. The van der Waals surface area contributed by atoms with Gasteiger partial charge < -0.3 is 16.0 Å². The van der Waals surface area contributed by atoms with E-state index in [0.29, 0.717) is 36.8 Å². The predicted octanol–water partition coefficient (Wildman–Crippen LogP) is 5.41. The van der Waals surface area contributed by atoms with Crippen molar-refractivity contribution >= 4 is 29.1 Å². The third-order valence-electron chi connectivity index (χ3n) is 11.3. The molecule has 5 atom stereocenters. The van der Waals surface area contributed by atoms with Gasteiger partial charge in [-0.25, -0.2) is 9.78 Å². The van der Waals surface area contributed by atoms with Crippen molar-refractivity contribution in [3.63, 3.8) is 0 Å². The van der Waals surface area contributed by atoms with Crippen molar-refractivity contribution in [2.45, 2.75) is 83.2 Å². The second-order valence-corrected chi connectivity index (χ2v) is 14.8. The van der Waals surface area contributed by atoms with E-state index in [0.717, 1.165) is 62.4 Å². The first-order chi connectivity index (χ1) is 20.1. The van der Waals surface area contributed by atoms with Gasteiger partial charge in [-0.15, -0.1) is 0 Å². The number of piperidine rings is 1. The van der Waals surface area contributed by atoms with Crippen LogP contribution in [-0.2, 0) is 4.79 Å². The molecule has 3 heterocycles. The predicted molar refractivity (Wildman–Crippen MR) is 166 cm³/mol. The third kappa shape index (κ3) is 4.76. The minimum absolute atomic E-state index is 0.0300. The monoisotopic (exact) mass is 570 g/mol. The van der Waals surface area contributed by atoms with Gasteiger partial charge in [0, 0.05) is 36.3 Å². The van der Waals surface area contributed by atoms with Crippen LogP contribution in [0.1, 0.15) is 77.2 Å². The van der Waals surface area contributed by atoms with E-state index in [1.54, 1.807) is 0 Å². The Labute approximate surface area is 250 Å². The molecule has 1 saturated heterocycles. The quantitative estimate of drug-likeness (QED) is 0.513. The Bertz CT molecular complexity index is 1330. The van der Waals surface area contributed by atoms with E-state index in [1.165, 1.54) is 18.4 Å². The van der Waals surface area contributed by atoms with Gasteiger partial charge in [0.2, 0.25) is 5.91 Å². The maximum atomic E-state index is 13.8. The van der Waals surface area contributed by atoms with E-state index in [2.05, 4.69) is 60.3 Å². The molecule has 8 rings (SSSR count). The zero-order chi connectivity index (χ0) is 29.2. The molecule has 1 aromatic heterocycles. The molecule has 2 aliphatic heterocycles. The number of hydrogen-bond acceptors (Lipinski definition) is 5. The molecule has 224 valence electrons. The zero-order valence-corrected chi connectivity index (χ0v) is 25.4. The van der Waals surface area contributed by atoms with Crippen LogP contribution in [0.2, 0.25) is 0 Å². The molecular formula is C34H46N6O2. The maximum absolute atomic E-state index is 13.8. The first kappa shape index (κ1) is 27.7. The van der Waals surface area contributed by atoms with Gasteiger partial charge in [0.15, 0.2) is 0 Å². The summed E-state index contributed by atoms with van der Waals surface area (Å²) in [6.07, 6.45) is 9.18. The average Bonchev–Trinajstić information content (AvgIpc) is 2.97. The number of nitrogens with one attached hydrogen (secondary N) is 1. The number of carbonyl (C=O) groups excluding carboxylic acids is 2. The summed E-state index contributed by atoms with van der Waals surface area (Å²) in [5.41, 5.74) is 9.02. The van der Waals surface area contributed by atoms with Crippen LogP contribution in [0.3, 0.4) is 0 Å². The molecule has 3 N–H and O–H groups in total. The highest BCUT2D eigenvalue weighted by molar-refractivity contribution is 5.98. The lowest BCUT2D eigenvalue weighted by Gasteiger charge is -2.59. The summed E-state index contributed by atoms with van der Waals surface area (Å²) in [5, 5.41) is 3.44. The van der Waals surface area contributed by atoms with Gasteiger partial charge in [-0.1, -0.05) is 18.2 Å². The van der Waals surface area contributed by atoms with Crippen molar-refractivity contribution in [2.75, 3.05) is 36.0 Å². The summed E-state index contributed by atoms with van der Waals surface area (Å²) in [7, 11) is 0. The minimum Gasteiger partial charge on any atom is -0.369 e. The van der Waals surface area contributed by atoms with Crippen molar-refractivity contribution in [2.24, 2.45) is 28.9 Å². The van der Waals surface area contributed by atoms with Crippen molar-refractivity contribution in [3.05, 3.63) is 48.2 Å². The number of rotatable bonds is 4. The van der Waals surface area contributed by atoms with Crippen LogP contribution < -0.4 is 20.9 Å². The largest absolute Gasteiger partial charge is 0.369 e. The highest BCUT2D eigenvalue weighted by Crippen LogP contribution is 2.60. The Morgan fingerprint density at radius 1 is 0.929 bits per heavy atom. The molecule has 4 saturated carbocycles. The van der Waals surface area contributed by atoms with Gasteiger partial charge in [0.25, 0.3) is 0 Å². The highest BCUT2D eigenvalue weighted by Gasteiger charge is 2.58. The first-order valence-electron chi connectivity index (χ1n) is 16.1. The number of aromatic nitrogens is 1. The summed E-state index contributed by atoms with van der Waals surface area (Å²) in [4.78, 5) is 37.8. The van der Waals surface area contributed by atoms with Crippen molar-refractivity contribution < 1.29 is 9.59 Å². The van der Waals surface area contributed by atoms with Crippen molar-refractivity contribution in [1.29, 1.82) is 0 Å². The molecule has 4 bridgehead atoms. The maximum Gasteiger partial charge on any atom is 0.322 e. The van der Waals surface area contributed by atoms with Gasteiger partial charge in [0.1, 0.15) is 5.82 Å². The summed E-state index contributed by atoms with van der Waals surface area (Å²) >= 11 is 0. The number of anilines is 3. The van der Waals surface area contributed by atoms with E-state index in [9.17, 15) is 9.59 Å². The van der Waals surface area contributed by atoms with Gasteiger partial charge in [0.05, 0.1) is 11.4 Å². The highest BCUT2D eigenvalue weighted by atomic mass is 16.2. The molecule has 2 aromatic rings. The summed E-state index contributed by atoms with van der Waals surface area (Å²) in [5.74, 6) is 2.60. The summed E-state index contributed by atoms with van der Waals surface area (Å²) in [6.45, 7) is 10.4. The Morgan fingerprint density at radius 2 is 1.62 bits per heavy atom. The van der Waals surface area contributed by atoms with Gasteiger partial charge >= 0.3 is 6.03 Å². The van der Waals surface area contributed by atoms with Crippen molar-refractivity contribution in [3.8, 4) is 0 Å². The third-order valence-corrected chi connectivity index (χ3v) is 11.3. The molecule has 0 spiro atoms. The number of urea groups is 1. The Balaban J connectivity index is 1.04. The molecule has 42 heavy (non-hydrogen) atoms. The number of hydrogen-bond donors (Lipinski definition) is 2. The fourth-order valence-corrected chi connectivity index (χ4v) is 9.28. The van der Waals surface area contributed by atoms with Gasteiger partial charge in [-0.2, -0.15) is 0 Å². The Hall–Kier alpha value is -3.13. The number of fused-ring (bicyclic) bond motifs is 1. The molecule has 4 aliphatic carbocycles. The number of para-hydroxylation sites is 2. The van der Waals surface area contributed by atoms with Gasteiger partial charge in [-0.05, 0) is 126 Å². The first-order valence-corrected chi connectivity index (χ1v) is 16.1. The molecule has 3 amide bonds. The number of carbonyl (C=O) groups is 2. The minimum atomic E-state index is -0.345. The molecular weight excluding hydrogens is 524 g/mol. The van der Waals surface area contributed by atoms with E-state index in [-0.39, 0.29) is 28.9 Å². The number of nitrogens with zero attached hydrogens (tertiary/aromatic N) is 4. The lowest BCUT2D eigenvalue weighted by atomic mass is 9.47. The molecule has 8 nitrogen and oxygen atoms in total. The zero-order valence-electron chi connectivity index (χ0n) is 25.4. The molecule has 5 fully saturated rings. The Kier molecular flexibility index (Phi) is 6.76. The summed E-state index contributed by atoms with van der Waals surface area (Å²) < 4.78 is 0. The number of nitrogens with two attached hydrogens (primary N) is 1. The van der Waals surface area contributed by atoms with Crippen LogP contribution in [-0.4, -0.2) is 59.6 Å². The SMILES string of the molecule is CC(C)(C)N1CCC(c2ccc(N3CCN(C(=O)NC4[C@@H]5CC6C[C@H]4CC(C(N)=O)(C6)C5)c4ccccc43)nc2)CC1. The average molecular weight is 571 g/mol. The van der Waals surface area contributed by atoms with E-state index >= 15 is 0 Å². The van der Waals surface area contributed by atoms with E-state index in [1.807, 2.05) is 23.1 Å². The normalized spacial score (nSPS) is 31.2. The fraction of sp³-hybridized carbons (Fsp3) is 0.618. The number of amides is 3. The molecule has 8 heteroatoms. The topological polar surface area (TPSA) is 94.8 Å². The molecule has 1 aromatic carbocycles. The number of benzene rings is 1. The standard InChI is InChI=1S/C34H46N6O2/c1-33(2,3)38-12-10-23(11-13-38)24-8-9-29(36-21-24)39-14-15-40(28-7-5-4-6-27(28)39)32(42)37-30-25-16-22-17-26(30)20-34(18-22,19-25)31(35)41/h4-9,21-23,25-26,30H,10-20H2,1-3H3,(H2,35,41)(H,37,42)/t22?,25-,26+,30?,34?. The van der Waals surface area contributed by atoms with Crippen LogP contribution in [0.4, 0.5) is 22.0 Å². The smallest absolute Gasteiger partial charge is 0.322 e. The number of pyridine rings is 1. The van der Waals surface area contributed by atoms with Crippen LogP contribution in [0.5, 0.6) is 0 Å². The Morgan fingerprint density at radius 3 is 2.24 bits per heavy atom. The number of primary amides is 1.